The second-order valence-electron chi connectivity index (χ2n) is 4.37. The summed E-state index contributed by atoms with van der Waals surface area (Å²) in [7, 11) is 1.92. The minimum atomic E-state index is -0.238. The molecule has 1 N–H and O–H groups in total. The van der Waals surface area contributed by atoms with Crippen LogP contribution in [-0.4, -0.2) is 7.05 Å². The highest BCUT2D eigenvalue weighted by Crippen LogP contribution is 2.30. The molecule has 1 unspecified atom stereocenters. The summed E-state index contributed by atoms with van der Waals surface area (Å²) in [5.74, 6) is -0.238. The Morgan fingerprint density at radius 2 is 2.00 bits per heavy atom. The first kappa shape index (κ1) is 14.9. The van der Waals surface area contributed by atoms with Crippen LogP contribution in [0.2, 0.25) is 0 Å². The third-order valence-corrected chi connectivity index (χ3v) is 5.18. The predicted molar refractivity (Wildman–Crippen MR) is 88.9 cm³/mol. The molecule has 0 spiro atoms. The van der Waals surface area contributed by atoms with Gasteiger partial charge in [-0.2, -0.15) is 0 Å². The van der Waals surface area contributed by atoms with Gasteiger partial charge in [-0.25, -0.2) is 4.39 Å². The van der Waals surface area contributed by atoms with Crippen molar-refractivity contribution in [3.8, 4) is 0 Å². The average Bonchev–Trinajstić information content (AvgIpc) is 2.39. The van der Waals surface area contributed by atoms with Crippen LogP contribution in [-0.2, 0) is 0 Å². The standard InChI is InChI=1S/C15H14BrFIN/c1-9-4-3-5-11(14(9)18)15(19-2)10-6-7-13(17)12(16)8-10/h3-8,15,19H,1-2H3. The number of halogens is 3. The molecule has 1 atom stereocenters. The Morgan fingerprint density at radius 3 is 2.63 bits per heavy atom. The Balaban J connectivity index is 2.50. The Hall–Kier alpha value is -0.460. The van der Waals surface area contributed by atoms with Crippen LogP contribution in [0, 0.1) is 16.3 Å². The van der Waals surface area contributed by atoms with E-state index in [1.54, 1.807) is 0 Å². The maximum Gasteiger partial charge on any atom is 0.137 e. The lowest BCUT2D eigenvalue weighted by Gasteiger charge is -2.20. The van der Waals surface area contributed by atoms with Crippen molar-refractivity contribution in [2.45, 2.75) is 13.0 Å². The van der Waals surface area contributed by atoms with Crippen LogP contribution in [0.4, 0.5) is 4.39 Å². The van der Waals surface area contributed by atoms with E-state index < -0.39 is 0 Å². The van der Waals surface area contributed by atoms with Gasteiger partial charge in [0, 0.05) is 3.57 Å². The molecule has 0 amide bonds. The van der Waals surface area contributed by atoms with Crippen molar-refractivity contribution < 1.29 is 4.39 Å². The first-order chi connectivity index (χ1) is 9.04. The van der Waals surface area contributed by atoms with Crippen molar-refractivity contribution >= 4 is 38.5 Å². The Morgan fingerprint density at radius 1 is 1.26 bits per heavy atom. The maximum atomic E-state index is 13.3. The van der Waals surface area contributed by atoms with E-state index in [0.717, 1.165) is 5.56 Å². The largest absolute Gasteiger partial charge is 0.309 e. The number of hydrogen-bond donors (Lipinski definition) is 1. The molecule has 0 bridgehead atoms. The first-order valence-electron chi connectivity index (χ1n) is 5.92. The van der Waals surface area contributed by atoms with Gasteiger partial charge in [0.25, 0.3) is 0 Å². The Bertz CT molecular complexity index is 601. The maximum absolute atomic E-state index is 13.3. The molecule has 100 valence electrons. The molecule has 0 aliphatic rings. The molecule has 0 fully saturated rings. The molecular weight excluding hydrogens is 420 g/mol. The number of nitrogens with one attached hydrogen (secondary N) is 1. The van der Waals surface area contributed by atoms with Crippen molar-refractivity contribution in [1.29, 1.82) is 0 Å². The summed E-state index contributed by atoms with van der Waals surface area (Å²) in [6.07, 6.45) is 0. The third-order valence-electron chi connectivity index (χ3n) is 3.10. The van der Waals surface area contributed by atoms with E-state index >= 15 is 0 Å². The van der Waals surface area contributed by atoms with Crippen LogP contribution < -0.4 is 5.32 Å². The van der Waals surface area contributed by atoms with Gasteiger partial charge in [0.05, 0.1) is 10.5 Å². The smallest absolute Gasteiger partial charge is 0.137 e. The van der Waals surface area contributed by atoms with E-state index in [1.807, 2.05) is 19.2 Å². The number of benzene rings is 2. The van der Waals surface area contributed by atoms with Crippen LogP contribution >= 0.6 is 38.5 Å². The monoisotopic (exact) mass is 433 g/mol. The van der Waals surface area contributed by atoms with E-state index in [0.29, 0.717) is 4.47 Å². The van der Waals surface area contributed by atoms with E-state index in [9.17, 15) is 4.39 Å². The van der Waals surface area contributed by atoms with Crippen molar-refractivity contribution in [2.75, 3.05) is 7.05 Å². The van der Waals surface area contributed by atoms with Crippen molar-refractivity contribution in [2.24, 2.45) is 0 Å². The fraction of sp³-hybridized carbons (Fsp3) is 0.200. The summed E-state index contributed by atoms with van der Waals surface area (Å²) >= 11 is 5.60. The molecule has 4 heteroatoms. The summed E-state index contributed by atoms with van der Waals surface area (Å²) in [6.45, 7) is 2.10. The zero-order valence-corrected chi connectivity index (χ0v) is 14.4. The van der Waals surface area contributed by atoms with Gasteiger partial charge in [-0.05, 0) is 81.3 Å². The molecular formula is C15H14BrFIN. The second-order valence-corrected chi connectivity index (χ2v) is 6.31. The van der Waals surface area contributed by atoms with Gasteiger partial charge >= 0.3 is 0 Å². The highest BCUT2D eigenvalue weighted by molar-refractivity contribution is 14.1. The molecule has 2 aromatic rings. The fourth-order valence-corrected chi connectivity index (χ4v) is 3.15. The summed E-state index contributed by atoms with van der Waals surface area (Å²) in [5.41, 5.74) is 3.50. The van der Waals surface area contributed by atoms with E-state index in [1.165, 1.54) is 20.8 Å². The SMILES string of the molecule is CNC(c1ccc(F)c(Br)c1)c1cccc(C)c1I. The number of rotatable bonds is 3. The minimum Gasteiger partial charge on any atom is -0.309 e. The van der Waals surface area contributed by atoms with Crippen molar-refractivity contribution in [1.82, 2.24) is 5.32 Å². The number of hydrogen-bond acceptors (Lipinski definition) is 1. The van der Waals surface area contributed by atoms with Crippen LogP contribution in [0.15, 0.2) is 40.9 Å². The van der Waals surface area contributed by atoms with Crippen LogP contribution in [0.5, 0.6) is 0 Å². The van der Waals surface area contributed by atoms with Gasteiger partial charge < -0.3 is 5.32 Å². The minimum absolute atomic E-state index is 0.0590. The highest BCUT2D eigenvalue weighted by Gasteiger charge is 2.16. The molecule has 0 saturated carbocycles. The first-order valence-corrected chi connectivity index (χ1v) is 7.79. The third kappa shape index (κ3) is 3.17. The highest BCUT2D eigenvalue weighted by atomic mass is 127. The zero-order valence-electron chi connectivity index (χ0n) is 10.7. The Labute approximate surface area is 134 Å². The van der Waals surface area contributed by atoms with E-state index in [2.05, 4.69) is 69.0 Å². The fourth-order valence-electron chi connectivity index (χ4n) is 2.09. The van der Waals surface area contributed by atoms with Crippen LogP contribution in [0.1, 0.15) is 22.7 Å². The summed E-state index contributed by atoms with van der Waals surface area (Å²) in [6, 6.07) is 11.5. The van der Waals surface area contributed by atoms with E-state index in [4.69, 9.17) is 0 Å². The molecule has 19 heavy (non-hydrogen) atoms. The van der Waals surface area contributed by atoms with Gasteiger partial charge in [-0.15, -0.1) is 0 Å². The van der Waals surface area contributed by atoms with Gasteiger partial charge in [-0.1, -0.05) is 24.3 Å². The molecule has 0 heterocycles. The molecule has 2 rings (SSSR count). The van der Waals surface area contributed by atoms with E-state index in [-0.39, 0.29) is 11.9 Å². The zero-order chi connectivity index (χ0) is 14.0. The number of aryl methyl sites for hydroxylation is 1. The molecule has 1 nitrogen and oxygen atoms in total. The van der Waals surface area contributed by atoms with Crippen LogP contribution in [0.3, 0.4) is 0 Å². The molecule has 0 aliphatic carbocycles. The van der Waals surface area contributed by atoms with Crippen molar-refractivity contribution in [3.05, 3.63) is 66.9 Å². The lowest BCUT2D eigenvalue weighted by molar-refractivity contribution is 0.616. The summed E-state index contributed by atoms with van der Waals surface area (Å²) in [5, 5.41) is 3.30. The van der Waals surface area contributed by atoms with Gasteiger partial charge in [0.1, 0.15) is 5.82 Å². The molecule has 2 aromatic carbocycles. The summed E-state index contributed by atoms with van der Waals surface area (Å²) in [4.78, 5) is 0. The topological polar surface area (TPSA) is 12.0 Å². The van der Waals surface area contributed by atoms with Gasteiger partial charge in [0.2, 0.25) is 0 Å². The predicted octanol–water partition coefficient (Wildman–Crippen LogP) is 4.81. The van der Waals surface area contributed by atoms with Gasteiger partial charge in [0.15, 0.2) is 0 Å². The lowest BCUT2D eigenvalue weighted by atomic mass is 9.97. The summed E-state index contributed by atoms with van der Waals surface area (Å²) < 4.78 is 15.1. The molecule has 0 radical (unpaired) electrons. The Kier molecular flexibility index (Phi) is 4.97. The van der Waals surface area contributed by atoms with Crippen LogP contribution in [0.25, 0.3) is 0 Å². The lowest BCUT2D eigenvalue weighted by Crippen LogP contribution is -2.19. The normalized spacial score (nSPS) is 12.5. The molecule has 0 saturated heterocycles. The molecule has 0 aliphatic heterocycles. The van der Waals surface area contributed by atoms with Gasteiger partial charge in [-0.3, -0.25) is 0 Å². The average molecular weight is 434 g/mol. The second kappa shape index (κ2) is 6.33. The quantitative estimate of drug-likeness (QED) is 0.685. The molecule has 0 aromatic heterocycles. The van der Waals surface area contributed by atoms with Crippen molar-refractivity contribution in [3.63, 3.8) is 0 Å².